The first-order chi connectivity index (χ1) is 12.5. The van der Waals surface area contributed by atoms with Gasteiger partial charge < -0.3 is 19.9 Å². The van der Waals surface area contributed by atoms with Gasteiger partial charge in [-0.15, -0.1) is 11.3 Å². The van der Waals surface area contributed by atoms with E-state index in [1.54, 1.807) is 11.3 Å². The molecular formula is C20H21NO4S. The predicted molar refractivity (Wildman–Crippen MR) is 103 cm³/mol. The van der Waals surface area contributed by atoms with Gasteiger partial charge in [0.05, 0.1) is 12.6 Å². The van der Waals surface area contributed by atoms with Crippen molar-refractivity contribution in [3.8, 4) is 11.5 Å². The first kappa shape index (κ1) is 18.1. The molecule has 0 spiro atoms. The second kappa shape index (κ2) is 8.10. The van der Waals surface area contributed by atoms with Crippen LogP contribution in [-0.4, -0.2) is 17.8 Å². The zero-order valence-corrected chi connectivity index (χ0v) is 15.5. The summed E-state index contributed by atoms with van der Waals surface area (Å²) in [5.41, 5.74) is 1.07. The van der Waals surface area contributed by atoms with Crippen LogP contribution in [0.2, 0.25) is 0 Å². The number of fused-ring (bicyclic) bond motifs is 1. The van der Waals surface area contributed by atoms with E-state index in [0.29, 0.717) is 13.2 Å². The van der Waals surface area contributed by atoms with E-state index < -0.39 is 6.09 Å². The molecule has 0 radical (unpaired) electrons. The molecule has 5 nitrogen and oxygen atoms in total. The fourth-order valence-electron chi connectivity index (χ4n) is 2.62. The Kier molecular flexibility index (Phi) is 5.63. The standard InChI is InChI=1S/C20H21NO4S/c1-3-24-16-6-8-17(9-7-16)25-12-14-4-5-15-11-18(26-19(15)10-14)13(2)21-20(22)23/h4-11,13,21H,3,12H2,1-2H3,(H,22,23). The summed E-state index contributed by atoms with van der Waals surface area (Å²) in [7, 11) is 0. The molecule has 136 valence electrons. The number of ether oxygens (including phenoxy) is 2. The third kappa shape index (κ3) is 4.46. The van der Waals surface area contributed by atoms with E-state index in [2.05, 4.69) is 11.4 Å². The van der Waals surface area contributed by atoms with Gasteiger partial charge in [-0.05, 0) is 61.2 Å². The van der Waals surface area contributed by atoms with Crippen molar-refractivity contribution < 1.29 is 19.4 Å². The molecule has 0 saturated heterocycles. The van der Waals surface area contributed by atoms with E-state index in [1.807, 2.05) is 56.3 Å². The summed E-state index contributed by atoms with van der Waals surface area (Å²) < 4.78 is 12.4. The van der Waals surface area contributed by atoms with Gasteiger partial charge in [-0.2, -0.15) is 0 Å². The smallest absolute Gasteiger partial charge is 0.405 e. The minimum atomic E-state index is -1.01. The first-order valence-electron chi connectivity index (χ1n) is 8.42. The quantitative estimate of drug-likeness (QED) is 0.598. The number of benzene rings is 2. The topological polar surface area (TPSA) is 67.8 Å². The highest BCUT2D eigenvalue weighted by molar-refractivity contribution is 7.19. The van der Waals surface area contributed by atoms with Crippen molar-refractivity contribution in [3.05, 3.63) is 59.0 Å². The Bertz CT molecular complexity index is 888. The predicted octanol–water partition coefficient (Wildman–Crippen LogP) is 5.21. The van der Waals surface area contributed by atoms with Crippen LogP contribution in [0.4, 0.5) is 4.79 Å². The number of amides is 1. The van der Waals surface area contributed by atoms with Gasteiger partial charge in [0.15, 0.2) is 0 Å². The maximum absolute atomic E-state index is 10.8. The van der Waals surface area contributed by atoms with Crippen LogP contribution in [0.1, 0.15) is 30.3 Å². The van der Waals surface area contributed by atoms with Crippen LogP contribution >= 0.6 is 11.3 Å². The van der Waals surface area contributed by atoms with Crippen molar-refractivity contribution in [1.82, 2.24) is 5.32 Å². The minimum Gasteiger partial charge on any atom is -0.494 e. The molecule has 26 heavy (non-hydrogen) atoms. The third-order valence-electron chi connectivity index (χ3n) is 3.91. The van der Waals surface area contributed by atoms with E-state index in [4.69, 9.17) is 14.6 Å². The normalized spacial score (nSPS) is 11.9. The van der Waals surface area contributed by atoms with E-state index in [0.717, 1.165) is 32.0 Å². The van der Waals surface area contributed by atoms with Crippen molar-refractivity contribution in [2.24, 2.45) is 0 Å². The molecule has 1 aromatic heterocycles. The molecule has 6 heteroatoms. The van der Waals surface area contributed by atoms with E-state index in [9.17, 15) is 4.79 Å². The summed E-state index contributed by atoms with van der Waals surface area (Å²) in [6, 6.07) is 15.5. The highest BCUT2D eigenvalue weighted by Gasteiger charge is 2.12. The zero-order chi connectivity index (χ0) is 18.5. The molecule has 1 unspecified atom stereocenters. The van der Waals surface area contributed by atoms with Crippen LogP contribution in [0.25, 0.3) is 10.1 Å². The van der Waals surface area contributed by atoms with Crippen LogP contribution in [0.5, 0.6) is 11.5 Å². The summed E-state index contributed by atoms with van der Waals surface area (Å²) >= 11 is 1.59. The van der Waals surface area contributed by atoms with Crippen molar-refractivity contribution in [2.75, 3.05) is 6.61 Å². The van der Waals surface area contributed by atoms with Gasteiger partial charge in [-0.25, -0.2) is 4.79 Å². The molecule has 3 rings (SSSR count). The Morgan fingerprint density at radius 2 is 1.81 bits per heavy atom. The van der Waals surface area contributed by atoms with Gasteiger partial charge in [0.25, 0.3) is 0 Å². The molecule has 0 bridgehead atoms. The van der Waals surface area contributed by atoms with Gasteiger partial charge in [-0.1, -0.05) is 12.1 Å². The zero-order valence-electron chi connectivity index (χ0n) is 14.7. The van der Waals surface area contributed by atoms with Crippen molar-refractivity contribution >= 4 is 27.5 Å². The second-order valence-corrected chi connectivity index (χ2v) is 7.00. The Hall–Kier alpha value is -2.73. The largest absolute Gasteiger partial charge is 0.494 e. The third-order valence-corrected chi connectivity index (χ3v) is 5.19. The maximum Gasteiger partial charge on any atom is 0.405 e. The van der Waals surface area contributed by atoms with E-state index >= 15 is 0 Å². The number of hydrogen-bond donors (Lipinski definition) is 2. The van der Waals surface area contributed by atoms with Crippen molar-refractivity contribution in [2.45, 2.75) is 26.5 Å². The lowest BCUT2D eigenvalue weighted by atomic mass is 10.1. The summed E-state index contributed by atoms with van der Waals surface area (Å²) in [4.78, 5) is 11.8. The molecular weight excluding hydrogens is 350 g/mol. The van der Waals surface area contributed by atoms with Crippen LogP contribution < -0.4 is 14.8 Å². The SMILES string of the molecule is CCOc1ccc(OCc2ccc3cc(C(C)NC(=O)O)sc3c2)cc1. The number of carbonyl (C=O) groups is 1. The van der Waals surface area contributed by atoms with Gasteiger partial charge in [0.1, 0.15) is 18.1 Å². The van der Waals surface area contributed by atoms with Gasteiger partial charge in [-0.3, -0.25) is 0 Å². The Morgan fingerprint density at radius 1 is 1.12 bits per heavy atom. The molecule has 1 amide bonds. The fraction of sp³-hybridized carbons (Fsp3) is 0.250. The molecule has 0 saturated carbocycles. The lowest BCUT2D eigenvalue weighted by Gasteiger charge is -2.08. The van der Waals surface area contributed by atoms with Gasteiger partial charge in [0, 0.05) is 9.58 Å². The lowest BCUT2D eigenvalue weighted by Crippen LogP contribution is -2.23. The number of hydrogen-bond acceptors (Lipinski definition) is 4. The average molecular weight is 371 g/mol. The fourth-order valence-corrected chi connectivity index (χ4v) is 3.75. The Morgan fingerprint density at radius 3 is 2.46 bits per heavy atom. The molecule has 0 aliphatic heterocycles. The number of rotatable bonds is 7. The Labute approximate surface area is 156 Å². The molecule has 0 fully saturated rings. The van der Waals surface area contributed by atoms with Crippen molar-refractivity contribution in [1.29, 1.82) is 0 Å². The average Bonchev–Trinajstić information content (AvgIpc) is 3.04. The molecule has 2 N–H and O–H groups in total. The highest BCUT2D eigenvalue weighted by Crippen LogP contribution is 2.31. The van der Waals surface area contributed by atoms with Crippen LogP contribution in [-0.2, 0) is 6.61 Å². The molecule has 3 aromatic rings. The number of carboxylic acid groups (broad SMARTS) is 1. The maximum atomic E-state index is 10.8. The second-order valence-electron chi connectivity index (χ2n) is 5.89. The summed E-state index contributed by atoms with van der Waals surface area (Å²) in [5, 5.41) is 12.5. The Balaban J connectivity index is 1.67. The van der Waals surface area contributed by atoms with Crippen LogP contribution in [0.3, 0.4) is 0 Å². The lowest BCUT2D eigenvalue weighted by molar-refractivity contribution is 0.191. The molecule has 0 aliphatic rings. The number of nitrogens with one attached hydrogen (secondary N) is 1. The molecule has 2 aromatic carbocycles. The van der Waals surface area contributed by atoms with E-state index in [-0.39, 0.29) is 6.04 Å². The van der Waals surface area contributed by atoms with Crippen LogP contribution in [0, 0.1) is 0 Å². The summed E-state index contributed by atoms with van der Waals surface area (Å²) in [6.45, 7) is 4.91. The first-order valence-corrected chi connectivity index (χ1v) is 9.24. The summed E-state index contributed by atoms with van der Waals surface area (Å²) in [5.74, 6) is 1.62. The number of thiophene rings is 1. The van der Waals surface area contributed by atoms with Crippen LogP contribution in [0.15, 0.2) is 48.5 Å². The molecule has 0 aliphatic carbocycles. The minimum absolute atomic E-state index is 0.228. The van der Waals surface area contributed by atoms with E-state index in [1.165, 1.54) is 0 Å². The molecule has 1 atom stereocenters. The monoisotopic (exact) mass is 371 g/mol. The van der Waals surface area contributed by atoms with Gasteiger partial charge in [0.2, 0.25) is 0 Å². The van der Waals surface area contributed by atoms with Gasteiger partial charge >= 0.3 is 6.09 Å². The molecule has 1 heterocycles. The van der Waals surface area contributed by atoms with Crippen molar-refractivity contribution in [3.63, 3.8) is 0 Å². The highest BCUT2D eigenvalue weighted by atomic mass is 32.1. The summed E-state index contributed by atoms with van der Waals surface area (Å²) in [6.07, 6.45) is -1.01.